The summed E-state index contributed by atoms with van der Waals surface area (Å²) in [6, 6.07) is 65.9. The zero-order valence-corrected chi connectivity index (χ0v) is 30.5. The Balaban J connectivity index is 0.992. The van der Waals surface area contributed by atoms with Gasteiger partial charge in [0.2, 0.25) is 0 Å². The fraction of sp³-hybridized carbons (Fsp3) is 0.176. The first-order valence-corrected chi connectivity index (χ1v) is 19.3. The van der Waals surface area contributed by atoms with E-state index in [4.69, 9.17) is 0 Å². The third-order valence-electron chi connectivity index (χ3n) is 12.5. The van der Waals surface area contributed by atoms with Gasteiger partial charge in [-0.1, -0.05) is 135 Å². The summed E-state index contributed by atoms with van der Waals surface area (Å²) in [5.41, 5.74) is 17.1. The Morgan fingerprint density at radius 1 is 0.528 bits per heavy atom. The molecule has 2 heteroatoms. The highest BCUT2D eigenvalue weighted by Crippen LogP contribution is 2.54. The molecule has 53 heavy (non-hydrogen) atoms. The van der Waals surface area contributed by atoms with Crippen LogP contribution in [0.25, 0.3) is 22.3 Å². The predicted octanol–water partition coefficient (Wildman–Crippen LogP) is 13.7. The lowest BCUT2D eigenvalue weighted by atomic mass is 9.74. The van der Waals surface area contributed by atoms with Crippen LogP contribution in [0.2, 0.25) is 0 Å². The average molecular weight is 685 g/mol. The van der Waals surface area contributed by atoms with E-state index < -0.39 is 0 Å². The molecular formula is C51H44N2. The van der Waals surface area contributed by atoms with Gasteiger partial charge in [-0.2, -0.15) is 0 Å². The third-order valence-corrected chi connectivity index (χ3v) is 12.5. The number of nitrogens with zero attached hydrogens (tertiary/aromatic N) is 2. The Labute approximate surface area is 314 Å². The summed E-state index contributed by atoms with van der Waals surface area (Å²) in [4.78, 5) is 5.07. The molecule has 0 bridgehead atoms. The molecule has 7 aromatic carbocycles. The molecule has 10 rings (SSSR count). The lowest BCUT2D eigenvalue weighted by Gasteiger charge is -2.37. The van der Waals surface area contributed by atoms with Gasteiger partial charge in [-0.25, -0.2) is 0 Å². The van der Waals surface area contributed by atoms with E-state index in [-0.39, 0.29) is 5.41 Å². The van der Waals surface area contributed by atoms with Crippen molar-refractivity contribution < 1.29 is 0 Å². The molecule has 2 nitrogen and oxygen atoms in total. The van der Waals surface area contributed by atoms with Crippen LogP contribution in [-0.2, 0) is 5.41 Å². The molecule has 3 unspecified atom stereocenters. The van der Waals surface area contributed by atoms with Crippen LogP contribution in [0.4, 0.5) is 28.4 Å². The molecule has 1 fully saturated rings. The van der Waals surface area contributed by atoms with Crippen molar-refractivity contribution in [2.24, 2.45) is 0 Å². The Hall–Kier alpha value is -5.86. The molecule has 0 N–H and O–H groups in total. The van der Waals surface area contributed by atoms with Gasteiger partial charge in [-0.15, -0.1) is 0 Å². The van der Waals surface area contributed by atoms with E-state index in [0.717, 1.165) is 5.69 Å². The van der Waals surface area contributed by atoms with Gasteiger partial charge in [0.1, 0.15) is 0 Å². The molecule has 1 heterocycles. The Bertz CT molecular complexity index is 2410. The van der Waals surface area contributed by atoms with E-state index in [9.17, 15) is 0 Å². The van der Waals surface area contributed by atoms with Crippen LogP contribution in [0.3, 0.4) is 0 Å². The van der Waals surface area contributed by atoms with Gasteiger partial charge < -0.3 is 9.80 Å². The van der Waals surface area contributed by atoms with Gasteiger partial charge in [0.25, 0.3) is 0 Å². The standard InChI is InChI=1S/C51H44N2/c1-51(2)47-19-11-9-17-43(47)44-31-30-42(34-48(44)51)52(40-26-21-36(22-27-40)35-13-5-3-6-14-35)41-28-23-37(24-29-41)38-25-32-50-46(33-38)45-18-10-12-20-49(45)53(50)39-15-7-4-8-16-39/h3-24,26-31,34,38,46,50H,25,32-33H2,1-2H3. The lowest BCUT2D eigenvalue weighted by molar-refractivity contribution is 0.361. The Kier molecular flexibility index (Phi) is 7.61. The van der Waals surface area contributed by atoms with E-state index >= 15 is 0 Å². The third kappa shape index (κ3) is 5.31. The molecule has 7 aromatic rings. The van der Waals surface area contributed by atoms with E-state index in [2.05, 4.69) is 200 Å². The normalized spacial score (nSPS) is 19.2. The highest BCUT2D eigenvalue weighted by molar-refractivity contribution is 5.86. The monoisotopic (exact) mass is 684 g/mol. The van der Waals surface area contributed by atoms with Crippen molar-refractivity contribution in [3.63, 3.8) is 0 Å². The predicted molar refractivity (Wildman–Crippen MR) is 222 cm³/mol. The van der Waals surface area contributed by atoms with Crippen molar-refractivity contribution in [3.8, 4) is 22.3 Å². The molecule has 0 aromatic heterocycles. The molecule has 2 aliphatic carbocycles. The lowest BCUT2D eigenvalue weighted by Crippen LogP contribution is -2.34. The zero-order chi connectivity index (χ0) is 35.5. The zero-order valence-electron chi connectivity index (χ0n) is 30.5. The van der Waals surface area contributed by atoms with Crippen LogP contribution in [0.5, 0.6) is 0 Å². The summed E-state index contributed by atoms with van der Waals surface area (Å²) in [6.07, 6.45) is 3.56. The van der Waals surface area contributed by atoms with Crippen molar-refractivity contribution in [1.29, 1.82) is 0 Å². The maximum absolute atomic E-state index is 2.62. The Morgan fingerprint density at radius 3 is 1.91 bits per heavy atom. The largest absolute Gasteiger partial charge is 0.338 e. The quantitative estimate of drug-likeness (QED) is 0.172. The van der Waals surface area contributed by atoms with Crippen molar-refractivity contribution >= 4 is 28.4 Å². The number of anilines is 5. The fourth-order valence-electron chi connectivity index (χ4n) is 9.83. The molecule has 3 aliphatic rings. The summed E-state index contributed by atoms with van der Waals surface area (Å²) in [5, 5.41) is 0. The summed E-state index contributed by atoms with van der Waals surface area (Å²) >= 11 is 0. The van der Waals surface area contributed by atoms with Gasteiger partial charge in [-0.05, 0) is 124 Å². The second kappa shape index (κ2) is 12.7. The first kappa shape index (κ1) is 31.8. The summed E-state index contributed by atoms with van der Waals surface area (Å²) in [6.45, 7) is 4.73. The number of rotatable bonds is 6. The van der Waals surface area contributed by atoms with Crippen molar-refractivity contribution in [1.82, 2.24) is 0 Å². The summed E-state index contributed by atoms with van der Waals surface area (Å²) < 4.78 is 0. The van der Waals surface area contributed by atoms with Crippen LogP contribution in [-0.4, -0.2) is 6.04 Å². The highest BCUT2D eigenvalue weighted by Gasteiger charge is 2.43. The van der Waals surface area contributed by atoms with E-state index in [1.54, 1.807) is 0 Å². The minimum absolute atomic E-state index is 0.0670. The molecule has 0 spiro atoms. The van der Waals surface area contributed by atoms with Crippen molar-refractivity contribution in [3.05, 3.63) is 198 Å². The maximum atomic E-state index is 2.62. The summed E-state index contributed by atoms with van der Waals surface area (Å²) in [5.74, 6) is 1.07. The maximum Gasteiger partial charge on any atom is 0.0465 e. The average Bonchev–Trinajstić information content (AvgIpc) is 3.67. The smallest absolute Gasteiger partial charge is 0.0465 e. The number of para-hydroxylation sites is 2. The minimum Gasteiger partial charge on any atom is -0.338 e. The highest BCUT2D eigenvalue weighted by atomic mass is 15.2. The first-order valence-electron chi connectivity index (χ1n) is 19.3. The molecule has 1 saturated carbocycles. The van der Waals surface area contributed by atoms with Crippen LogP contribution < -0.4 is 9.80 Å². The summed E-state index contributed by atoms with van der Waals surface area (Å²) in [7, 11) is 0. The van der Waals surface area contributed by atoms with Gasteiger partial charge >= 0.3 is 0 Å². The molecule has 3 atom stereocenters. The van der Waals surface area contributed by atoms with E-state index in [1.165, 1.54) is 86.5 Å². The topological polar surface area (TPSA) is 6.48 Å². The molecular weight excluding hydrogens is 641 g/mol. The second-order valence-corrected chi connectivity index (χ2v) is 15.7. The minimum atomic E-state index is -0.0670. The van der Waals surface area contributed by atoms with Crippen LogP contribution in [0, 0.1) is 0 Å². The number of benzene rings is 7. The second-order valence-electron chi connectivity index (χ2n) is 15.7. The molecule has 0 amide bonds. The van der Waals surface area contributed by atoms with Gasteiger partial charge in [0.05, 0.1) is 0 Å². The fourth-order valence-corrected chi connectivity index (χ4v) is 9.83. The van der Waals surface area contributed by atoms with Crippen LogP contribution in [0.15, 0.2) is 176 Å². The van der Waals surface area contributed by atoms with Gasteiger partial charge in [0.15, 0.2) is 0 Å². The number of fused-ring (bicyclic) bond motifs is 6. The number of hydrogen-bond acceptors (Lipinski definition) is 2. The van der Waals surface area contributed by atoms with Crippen LogP contribution >= 0.6 is 0 Å². The van der Waals surface area contributed by atoms with E-state index in [1.807, 2.05) is 0 Å². The van der Waals surface area contributed by atoms with Crippen LogP contribution in [0.1, 0.15) is 67.2 Å². The molecule has 0 saturated heterocycles. The van der Waals surface area contributed by atoms with Crippen molar-refractivity contribution in [2.45, 2.75) is 56.4 Å². The van der Waals surface area contributed by atoms with Gasteiger partial charge in [-0.3, -0.25) is 0 Å². The SMILES string of the molecule is CC1(C)c2ccccc2-c2ccc(N(c3ccc(-c4ccccc4)cc3)c3ccc(C4CCC5C(C4)c4ccccc4N5c4ccccc4)cc3)cc21. The first-order chi connectivity index (χ1) is 26.0. The number of hydrogen-bond donors (Lipinski definition) is 0. The van der Waals surface area contributed by atoms with Crippen molar-refractivity contribution in [2.75, 3.05) is 9.80 Å². The van der Waals surface area contributed by atoms with E-state index in [0.29, 0.717) is 17.9 Å². The Morgan fingerprint density at radius 2 is 1.13 bits per heavy atom. The molecule has 0 radical (unpaired) electrons. The molecule has 258 valence electrons. The molecule has 1 aliphatic heterocycles. The van der Waals surface area contributed by atoms with Gasteiger partial charge in [0, 0.05) is 45.8 Å².